The molecule has 3 rings (SSSR count). The number of alkyl halides is 3. The van der Waals surface area contributed by atoms with Crippen molar-refractivity contribution in [2.24, 2.45) is 5.92 Å². The first-order chi connectivity index (χ1) is 10.4. The normalized spacial score (nSPS) is 14.9. The number of aromatic nitrogens is 1. The van der Waals surface area contributed by atoms with Gasteiger partial charge in [0, 0.05) is 5.56 Å². The van der Waals surface area contributed by atoms with E-state index in [0.29, 0.717) is 29.5 Å². The third-order valence-corrected chi connectivity index (χ3v) is 3.57. The van der Waals surface area contributed by atoms with Crippen LogP contribution in [0.5, 0.6) is 5.75 Å². The van der Waals surface area contributed by atoms with Gasteiger partial charge in [0.2, 0.25) is 0 Å². The Morgan fingerprint density at radius 2 is 1.95 bits per heavy atom. The monoisotopic (exact) mass is 307 g/mol. The summed E-state index contributed by atoms with van der Waals surface area (Å²) in [5.41, 5.74) is 0.987. The second kappa shape index (κ2) is 5.63. The van der Waals surface area contributed by atoms with Crippen molar-refractivity contribution in [3.05, 3.63) is 47.7 Å². The predicted molar refractivity (Wildman–Crippen MR) is 77.6 cm³/mol. The summed E-state index contributed by atoms with van der Waals surface area (Å²) in [6.45, 7) is 2.56. The Morgan fingerprint density at radius 3 is 2.64 bits per heavy atom. The van der Waals surface area contributed by atoms with Gasteiger partial charge in [-0.2, -0.15) is 13.2 Å². The van der Waals surface area contributed by atoms with Gasteiger partial charge in [-0.3, -0.25) is 0 Å². The number of ether oxygens (including phenoxy) is 1. The lowest BCUT2D eigenvalue weighted by molar-refractivity contribution is -0.141. The Labute approximate surface area is 127 Å². The van der Waals surface area contributed by atoms with E-state index >= 15 is 0 Å². The molecule has 0 unspecified atom stereocenters. The third kappa shape index (κ3) is 3.59. The number of rotatable bonds is 4. The Bertz CT molecular complexity index is 678. The zero-order valence-electron chi connectivity index (χ0n) is 12.2. The number of hydrogen-bond acceptors (Lipinski definition) is 2. The molecule has 2 aromatic rings. The Hall–Kier alpha value is -2.04. The van der Waals surface area contributed by atoms with Crippen molar-refractivity contribution in [3.8, 4) is 17.0 Å². The first kappa shape index (κ1) is 14.9. The van der Waals surface area contributed by atoms with Crippen LogP contribution in [-0.2, 0) is 6.18 Å². The average Bonchev–Trinajstić information content (AvgIpc) is 3.28. The van der Waals surface area contributed by atoms with E-state index in [1.165, 1.54) is 18.9 Å². The SMILES string of the molecule is Cc1cc(OCC2CC2)cc(-c2cccc(C(F)(F)F)n2)c1. The average molecular weight is 307 g/mol. The minimum Gasteiger partial charge on any atom is -0.493 e. The van der Waals surface area contributed by atoms with E-state index in [0.717, 1.165) is 11.6 Å². The molecular weight excluding hydrogens is 291 g/mol. The lowest BCUT2D eigenvalue weighted by atomic mass is 10.1. The number of benzene rings is 1. The van der Waals surface area contributed by atoms with Gasteiger partial charge in [-0.05, 0) is 61.6 Å². The van der Waals surface area contributed by atoms with E-state index in [1.54, 1.807) is 12.1 Å². The third-order valence-electron chi connectivity index (χ3n) is 3.57. The van der Waals surface area contributed by atoms with Crippen LogP contribution in [0.15, 0.2) is 36.4 Å². The van der Waals surface area contributed by atoms with Crippen LogP contribution >= 0.6 is 0 Å². The van der Waals surface area contributed by atoms with E-state index < -0.39 is 11.9 Å². The molecule has 2 nitrogen and oxygen atoms in total. The lowest BCUT2D eigenvalue weighted by Gasteiger charge is -2.11. The molecule has 0 bridgehead atoms. The van der Waals surface area contributed by atoms with Gasteiger partial charge in [0.1, 0.15) is 11.4 Å². The molecule has 1 fully saturated rings. The smallest absolute Gasteiger partial charge is 0.433 e. The fourth-order valence-corrected chi connectivity index (χ4v) is 2.23. The summed E-state index contributed by atoms with van der Waals surface area (Å²) < 4.78 is 44.0. The molecule has 5 heteroatoms. The van der Waals surface area contributed by atoms with Crippen LogP contribution in [0.2, 0.25) is 0 Å². The van der Waals surface area contributed by atoms with E-state index in [1.807, 2.05) is 19.1 Å². The van der Waals surface area contributed by atoms with Crippen molar-refractivity contribution < 1.29 is 17.9 Å². The summed E-state index contributed by atoms with van der Waals surface area (Å²) >= 11 is 0. The van der Waals surface area contributed by atoms with E-state index in [4.69, 9.17) is 4.74 Å². The maximum absolute atomic E-state index is 12.8. The van der Waals surface area contributed by atoms with Crippen molar-refractivity contribution in [2.75, 3.05) is 6.61 Å². The number of nitrogens with zero attached hydrogens (tertiary/aromatic N) is 1. The number of pyridine rings is 1. The molecule has 1 aliphatic carbocycles. The highest BCUT2D eigenvalue weighted by molar-refractivity contribution is 5.62. The van der Waals surface area contributed by atoms with Crippen LogP contribution in [0.4, 0.5) is 13.2 Å². The van der Waals surface area contributed by atoms with E-state index in [-0.39, 0.29) is 0 Å². The molecule has 0 aliphatic heterocycles. The number of hydrogen-bond donors (Lipinski definition) is 0. The zero-order valence-corrected chi connectivity index (χ0v) is 12.2. The lowest BCUT2D eigenvalue weighted by Crippen LogP contribution is -2.08. The highest BCUT2D eigenvalue weighted by Gasteiger charge is 2.32. The minimum absolute atomic E-state index is 0.301. The largest absolute Gasteiger partial charge is 0.493 e. The van der Waals surface area contributed by atoms with Gasteiger partial charge in [0.05, 0.1) is 12.3 Å². The summed E-state index contributed by atoms with van der Waals surface area (Å²) in [6.07, 6.45) is -2.06. The van der Waals surface area contributed by atoms with Crippen molar-refractivity contribution in [1.29, 1.82) is 0 Å². The quantitative estimate of drug-likeness (QED) is 0.804. The number of aryl methyl sites for hydroxylation is 1. The van der Waals surface area contributed by atoms with Gasteiger partial charge in [0.25, 0.3) is 0 Å². The molecule has 22 heavy (non-hydrogen) atoms. The van der Waals surface area contributed by atoms with Crippen LogP contribution < -0.4 is 4.74 Å². The van der Waals surface area contributed by atoms with Crippen LogP contribution in [0.3, 0.4) is 0 Å². The van der Waals surface area contributed by atoms with Crippen LogP contribution in [0.1, 0.15) is 24.1 Å². The molecule has 1 aromatic carbocycles. The predicted octanol–water partition coefficient (Wildman–Crippen LogP) is 4.86. The molecular formula is C17H16F3NO. The maximum Gasteiger partial charge on any atom is 0.433 e. The minimum atomic E-state index is -4.44. The van der Waals surface area contributed by atoms with Crippen LogP contribution in [0.25, 0.3) is 11.3 Å². The van der Waals surface area contributed by atoms with Crippen molar-refractivity contribution in [1.82, 2.24) is 4.98 Å². The summed E-state index contributed by atoms with van der Waals surface area (Å²) in [6, 6.07) is 9.38. The molecule has 0 N–H and O–H groups in total. The molecule has 0 saturated heterocycles. The van der Waals surface area contributed by atoms with Crippen molar-refractivity contribution in [3.63, 3.8) is 0 Å². The van der Waals surface area contributed by atoms with Crippen LogP contribution in [0, 0.1) is 12.8 Å². The molecule has 1 saturated carbocycles. The highest BCUT2D eigenvalue weighted by atomic mass is 19.4. The summed E-state index contributed by atoms with van der Waals surface area (Å²) in [4.78, 5) is 3.72. The maximum atomic E-state index is 12.8. The molecule has 0 atom stereocenters. The summed E-state index contributed by atoms with van der Waals surface area (Å²) in [7, 11) is 0. The second-order valence-corrected chi connectivity index (χ2v) is 5.69. The summed E-state index contributed by atoms with van der Waals surface area (Å²) in [5.74, 6) is 1.30. The van der Waals surface area contributed by atoms with E-state index in [2.05, 4.69) is 4.98 Å². The highest BCUT2D eigenvalue weighted by Crippen LogP contribution is 2.32. The first-order valence-corrected chi connectivity index (χ1v) is 7.21. The fraction of sp³-hybridized carbons (Fsp3) is 0.353. The van der Waals surface area contributed by atoms with Gasteiger partial charge in [-0.1, -0.05) is 6.07 Å². The van der Waals surface area contributed by atoms with Gasteiger partial charge in [0.15, 0.2) is 0 Å². The Balaban J connectivity index is 1.89. The van der Waals surface area contributed by atoms with Crippen molar-refractivity contribution in [2.45, 2.75) is 25.9 Å². The van der Waals surface area contributed by atoms with Gasteiger partial charge < -0.3 is 4.74 Å². The fourth-order valence-electron chi connectivity index (χ4n) is 2.23. The van der Waals surface area contributed by atoms with Gasteiger partial charge >= 0.3 is 6.18 Å². The first-order valence-electron chi connectivity index (χ1n) is 7.21. The molecule has 1 aliphatic rings. The molecule has 0 amide bonds. The van der Waals surface area contributed by atoms with E-state index in [9.17, 15) is 13.2 Å². The van der Waals surface area contributed by atoms with Crippen molar-refractivity contribution >= 4 is 0 Å². The molecule has 1 heterocycles. The van der Waals surface area contributed by atoms with Gasteiger partial charge in [-0.15, -0.1) is 0 Å². The summed E-state index contributed by atoms with van der Waals surface area (Å²) in [5, 5.41) is 0. The van der Waals surface area contributed by atoms with Crippen LogP contribution in [-0.4, -0.2) is 11.6 Å². The topological polar surface area (TPSA) is 22.1 Å². The Morgan fingerprint density at radius 1 is 1.18 bits per heavy atom. The number of halogens is 3. The molecule has 0 radical (unpaired) electrons. The Kier molecular flexibility index (Phi) is 3.81. The standard InChI is InChI=1S/C17H16F3NO/c1-11-7-13(9-14(8-11)22-10-12-5-6-12)15-3-2-4-16(21-15)17(18,19)20/h2-4,7-9,12H,5-6,10H2,1H3. The molecule has 0 spiro atoms. The zero-order chi connectivity index (χ0) is 15.7. The van der Waals surface area contributed by atoms with Gasteiger partial charge in [-0.25, -0.2) is 4.98 Å². The molecule has 1 aromatic heterocycles. The second-order valence-electron chi connectivity index (χ2n) is 5.69. The molecule has 116 valence electrons.